The van der Waals surface area contributed by atoms with Crippen LogP contribution in [-0.4, -0.2) is 17.6 Å². The van der Waals surface area contributed by atoms with Crippen LogP contribution in [0.2, 0.25) is 0 Å². The van der Waals surface area contributed by atoms with Gasteiger partial charge in [-0.25, -0.2) is 4.99 Å². The van der Waals surface area contributed by atoms with Crippen LogP contribution in [0.15, 0.2) is 84.0 Å². The number of hydrogen-bond acceptors (Lipinski definition) is 5. The smallest absolute Gasteiger partial charge is 0.283 e. The normalized spacial score (nSPS) is 19.2. The van der Waals surface area contributed by atoms with E-state index < -0.39 is 5.54 Å². The number of hydrogen-bond donors (Lipinski definition) is 1. The molecule has 0 aliphatic carbocycles. The van der Waals surface area contributed by atoms with Crippen molar-refractivity contribution in [1.29, 1.82) is 0 Å². The van der Waals surface area contributed by atoms with Crippen LogP contribution in [0, 0.1) is 0 Å². The zero-order chi connectivity index (χ0) is 19.4. The second kappa shape index (κ2) is 5.82. The molecule has 29 heavy (non-hydrogen) atoms. The number of pyridine rings is 1. The standard InChI is InChI=1S/C24H17N3O2/c25-23-27-24(14-28-23)18-6-2-4-8-21(18)29-22-10-9-15(12-19(22)24)17-11-16-5-1-3-7-20(16)26-13-17/h1-13H,14H2,(H2,25,27)/t24-/m0/s1. The number of aliphatic imine (C=N–C) groups is 1. The molecule has 2 aliphatic heterocycles. The van der Waals surface area contributed by atoms with E-state index in [9.17, 15) is 0 Å². The fourth-order valence-electron chi connectivity index (χ4n) is 4.22. The first-order valence-electron chi connectivity index (χ1n) is 9.48. The maximum absolute atomic E-state index is 6.18. The Morgan fingerprint density at radius 3 is 2.55 bits per heavy atom. The molecule has 2 N–H and O–H groups in total. The molecule has 6 rings (SSSR count). The number of aromatic nitrogens is 1. The number of amidine groups is 1. The summed E-state index contributed by atoms with van der Waals surface area (Å²) in [4.78, 5) is 9.33. The first kappa shape index (κ1) is 16.1. The van der Waals surface area contributed by atoms with E-state index in [1.54, 1.807) is 0 Å². The molecule has 0 fully saturated rings. The van der Waals surface area contributed by atoms with Crippen molar-refractivity contribution in [3.05, 3.63) is 90.1 Å². The lowest BCUT2D eigenvalue weighted by molar-refractivity contribution is 0.264. The van der Waals surface area contributed by atoms with E-state index in [0.717, 1.165) is 44.7 Å². The van der Waals surface area contributed by atoms with Gasteiger partial charge < -0.3 is 15.2 Å². The van der Waals surface area contributed by atoms with Crippen LogP contribution in [0.25, 0.3) is 22.0 Å². The Bertz CT molecular complexity index is 1310. The Kier molecular flexibility index (Phi) is 3.23. The summed E-state index contributed by atoms with van der Waals surface area (Å²) in [5.74, 6) is 1.55. The van der Waals surface area contributed by atoms with Crippen molar-refractivity contribution >= 4 is 16.9 Å². The Balaban J connectivity index is 1.56. The molecule has 140 valence electrons. The topological polar surface area (TPSA) is 69.7 Å². The number of benzene rings is 3. The summed E-state index contributed by atoms with van der Waals surface area (Å²) in [6.07, 6.45) is 1.90. The predicted molar refractivity (Wildman–Crippen MR) is 112 cm³/mol. The van der Waals surface area contributed by atoms with Gasteiger partial charge >= 0.3 is 0 Å². The van der Waals surface area contributed by atoms with Crippen LogP contribution >= 0.6 is 0 Å². The Hall–Kier alpha value is -3.86. The molecule has 2 aliphatic rings. The zero-order valence-electron chi connectivity index (χ0n) is 15.5. The van der Waals surface area contributed by atoms with Gasteiger partial charge in [0.05, 0.1) is 5.52 Å². The monoisotopic (exact) mass is 379 g/mol. The summed E-state index contributed by atoms with van der Waals surface area (Å²) >= 11 is 0. The molecule has 0 unspecified atom stereocenters. The van der Waals surface area contributed by atoms with E-state index in [2.05, 4.69) is 29.2 Å². The highest BCUT2D eigenvalue weighted by atomic mass is 16.5. The molecule has 0 saturated carbocycles. The highest BCUT2D eigenvalue weighted by Gasteiger charge is 2.46. The lowest BCUT2D eigenvalue weighted by Crippen LogP contribution is -2.31. The van der Waals surface area contributed by atoms with E-state index in [-0.39, 0.29) is 6.02 Å². The molecular formula is C24H17N3O2. The molecule has 1 spiro atoms. The summed E-state index contributed by atoms with van der Waals surface area (Å²) in [6, 6.07) is 24.5. The lowest BCUT2D eigenvalue weighted by Gasteiger charge is -2.33. The maximum atomic E-state index is 6.18. The third-order valence-electron chi connectivity index (χ3n) is 5.63. The van der Waals surface area contributed by atoms with Gasteiger partial charge in [0, 0.05) is 28.3 Å². The van der Waals surface area contributed by atoms with Gasteiger partial charge in [-0.3, -0.25) is 4.98 Å². The van der Waals surface area contributed by atoms with E-state index in [1.165, 1.54) is 0 Å². The SMILES string of the molecule is NC1=N[C@@]2(CO1)c1ccccc1Oc1ccc(-c3cnc4ccccc4c3)cc12. The number of nitrogens with zero attached hydrogens (tertiary/aromatic N) is 2. The number of rotatable bonds is 1. The summed E-state index contributed by atoms with van der Waals surface area (Å²) in [6.45, 7) is 0.353. The van der Waals surface area contributed by atoms with Crippen molar-refractivity contribution in [3.63, 3.8) is 0 Å². The van der Waals surface area contributed by atoms with E-state index in [1.807, 2.05) is 54.7 Å². The number of nitrogens with two attached hydrogens (primary N) is 1. The van der Waals surface area contributed by atoms with Crippen molar-refractivity contribution in [2.24, 2.45) is 10.7 Å². The average Bonchev–Trinajstić information content (AvgIpc) is 3.16. The van der Waals surface area contributed by atoms with Crippen molar-refractivity contribution in [1.82, 2.24) is 4.98 Å². The number of fused-ring (bicyclic) bond motifs is 5. The van der Waals surface area contributed by atoms with Gasteiger partial charge in [0.2, 0.25) is 0 Å². The Morgan fingerprint density at radius 1 is 0.828 bits per heavy atom. The highest BCUT2D eigenvalue weighted by molar-refractivity contribution is 5.84. The zero-order valence-corrected chi connectivity index (χ0v) is 15.5. The first-order valence-corrected chi connectivity index (χ1v) is 9.48. The lowest BCUT2D eigenvalue weighted by atomic mass is 9.80. The largest absolute Gasteiger partial charge is 0.462 e. The third-order valence-corrected chi connectivity index (χ3v) is 5.63. The average molecular weight is 379 g/mol. The van der Waals surface area contributed by atoms with E-state index in [0.29, 0.717) is 6.61 Å². The molecule has 4 aromatic rings. The molecule has 3 heterocycles. The molecule has 5 heteroatoms. The molecule has 0 radical (unpaired) electrons. The van der Waals surface area contributed by atoms with Gasteiger partial charge in [-0.05, 0) is 35.9 Å². The fraction of sp³-hybridized carbons (Fsp3) is 0.0833. The quantitative estimate of drug-likeness (QED) is 0.525. The molecule has 1 aromatic heterocycles. The summed E-state index contributed by atoms with van der Waals surface area (Å²) in [5.41, 5.74) is 10.2. The van der Waals surface area contributed by atoms with Gasteiger partial charge in [-0.2, -0.15) is 0 Å². The molecule has 1 atom stereocenters. The summed E-state index contributed by atoms with van der Waals surface area (Å²) in [7, 11) is 0. The first-order chi connectivity index (χ1) is 14.2. The van der Waals surface area contributed by atoms with Crippen LogP contribution < -0.4 is 10.5 Å². The van der Waals surface area contributed by atoms with Crippen LogP contribution in [0.4, 0.5) is 0 Å². The van der Waals surface area contributed by atoms with Crippen molar-refractivity contribution in [3.8, 4) is 22.6 Å². The molecule has 0 amide bonds. The van der Waals surface area contributed by atoms with Crippen molar-refractivity contribution in [2.45, 2.75) is 5.54 Å². The molecular weight excluding hydrogens is 362 g/mol. The van der Waals surface area contributed by atoms with Crippen LogP contribution in [0.5, 0.6) is 11.5 Å². The van der Waals surface area contributed by atoms with Gasteiger partial charge in [0.15, 0.2) is 5.54 Å². The summed E-state index contributed by atoms with van der Waals surface area (Å²) in [5, 5.41) is 1.10. The van der Waals surface area contributed by atoms with Gasteiger partial charge in [0.1, 0.15) is 18.1 Å². The van der Waals surface area contributed by atoms with Gasteiger partial charge in [0.25, 0.3) is 6.02 Å². The predicted octanol–water partition coefficient (Wildman–Crippen LogP) is 4.60. The second-order valence-corrected chi connectivity index (χ2v) is 7.32. The second-order valence-electron chi connectivity index (χ2n) is 7.32. The minimum absolute atomic E-state index is 0.199. The van der Waals surface area contributed by atoms with Crippen molar-refractivity contribution in [2.75, 3.05) is 6.61 Å². The number of ether oxygens (including phenoxy) is 2. The van der Waals surface area contributed by atoms with Gasteiger partial charge in [-0.15, -0.1) is 0 Å². The number of para-hydroxylation sites is 2. The Labute approximate surface area is 167 Å². The fourth-order valence-corrected chi connectivity index (χ4v) is 4.22. The molecule has 5 nitrogen and oxygen atoms in total. The minimum Gasteiger partial charge on any atom is -0.462 e. The van der Waals surface area contributed by atoms with Crippen LogP contribution in [-0.2, 0) is 10.3 Å². The van der Waals surface area contributed by atoms with E-state index in [4.69, 9.17) is 20.2 Å². The van der Waals surface area contributed by atoms with Crippen LogP contribution in [0.1, 0.15) is 11.1 Å². The van der Waals surface area contributed by atoms with Crippen LogP contribution in [0.3, 0.4) is 0 Å². The molecule has 3 aromatic carbocycles. The summed E-state index contributed by atoms with van der Waals surface area (Å²) < 4.78 is 11.8. The van der Waals surface area contributed by atoms with E-state index >= 15 is 0 Å². The Morgan fingerprint density at radius 2 is 1.66 bits per heavy atom. The third kappa shape index (κ3) is 2.34. The highest BCUT2D eigenvalue weighted by Crippen LogP contribution is 2.51. The van der Waals surface area contributed by atoms with Gasteiger partial charge in [-0.1, -0.05) is 42.5 Å². The molecule has 0 saturated heterocycles. The van der Waals surface area contributed by atoms with Crippen molar-refractivity contribution < 1.29 is 9.47 Å². The molecule has 0 bridgehead atoms. The minimum atomic E-state index is -0.700. The maximum Gasteiger partial charge on any atom is 0.283 e.